The molecule has 8 heteroatoms. The molecule has 1 aliphatic heterocycles. The molecule has 4 heterocycles. The summed E-state index contributed by atoms with van der Waals surface area (Å²) < 4.78 is 5.08. The molecule has 0 bridgehead atoms. The molecule has 8 nitrogen and oxygen atoms in total. The molecule has 0 unspecified atom stereocenters. The summed E-state index contributed by atoms with van der Waals surface area (Å²) in [5.41, 5.74) is 3.52. The third-order valence-electron chi connectivity index (χ3n) is 4.12. The first kappa shape index (κ1) is 15.5. The fourth-order valence-corrected chi connectivity index (χ4v) is 2.69. The number of hydrogen-bond acceptors (Lipinski definition) is 5. The minimum atomic E-state index is -0.275. The number of carbonyl (C=O) groups is 1. The van der Waals surface area contributed by atoms with Crippen molar-refractivity contribution < 1.29 is 9.53 Å². The average Bonchev–Trinajstić information content (AvgIpc) is 2.96. The molecule has 1 aliphatic rings. The van der Waals surface area contributed by atoms with Crippen LogP contribution in [-0.4, -0.2) is 46.0 Å². The van der Waals surface area contributed by atoms with E-state index in [9.17, 15) is 4.79 Å². The molecule has 3 aromatic heterocycles. The monoisotopic (exact) mass is 338 g/mol. The average molecular weight is 338 g/mol. The number of aryl methyl sites for hydroxylation is 1. The maximum Gasteiger partial charge on any atom is 0.320 e. The lowest BCUT2D eigenvalue weighted by Gasteiger charge is -2.25. The molecule has 3 aromatic rings. The Hall–Kier alpha value is -3.00. The molecule has 2 amide bonds. The van der Waals surface area contributed by atoms with E-state index in [-0.39, 0.29) is 6.03 Å². The van der Waals surface area contributed by atoms with Gasteiger partial charge in [-0.25, -0.2) is 9.78 Å². The predicted octanol–water partition coefficient (Wildman–Crippen LogP) is 2.10. The number of H-pyrrole nitrogens is 1. The highest BCUT2D eigenvalue weighted by molar-refractivity contribution is 5.95. The fourth-order valence-electron chi connectivity index (χ4n) is 2.69. The fraction of sp³-hybridized carbons (Fsp3) is 0.294. The molecule has 0 aromatic carbocycles. The highest BCUT2D eigenvalue weighted by Gasteiger charge is 2.19. The van der Waals surface area contributed by atoms with Gasteiger partial charge in [0.15, 0.2) is 0 Å². The Morgan fingerprint density at radius 3 is 3.00 bits per heavy atom. The minimum Gasteiger partial charge on any atom is -0.381 e. The number of pyridine rings is 2. The molecule has 1 saturated heterocycles. The Morgan fingerprint density at radius 2 is 2.24 bits per heavy atom. The number of hydrogen-bond donors (Lipinski definition) is 3. The molecule has 0 spiro atoms. The quantitative estimate of drug-likeness (QED) is 0.676. The molecular formula is C17H18N6O2. The van der Waals surface area contributed by atoms with Crippen molar-refractivity contribution >= 4 is 22.8 Å². The van der Waals surface area contributed by atoms with Crippen LogP contribution in [0.25, 0.3) is 22.2 Å². The Morgan fingerprint density at radius 1 is 1.36 bits per heavy atom. The van der Waals surface area contributed by atoms with E-state index >= 15 is 0 Å². The number of amides is 2. The van der Waals surface area contributed by atoms with Crippen LogP contribution in [0, 0.1) is 12.8 Å². The van der Waals surface area contributed by atoms with Crippen LogP contribution >= 0.6 is 0 Å². The van der Waals surface area contributed by atoms with Crippen molar-refractivity contribution in [2.75, 3.05) is 25.1 Å². The molecule has 0 atom stereocenters. The largest absolute Gasteiger partial charge is 0.381 e. The second kappa shape index (κ2) is 6.48. The first-order valence-electron chi connectivity index (χ1n) is 8.09. The number of carbonyl (C=O) groups excluding carboxylic acids is 1. The van der Waals surface area contributed by atoms with E-state index < -0.39 is 0 Å². The smallest absolute Gasteiger partial charge is 0.320 e. The molecule has 0 saturated carbocycles. The summed E-state index contributed by atoms with van der Waals surface area (Å²) in [5.74, 6) is 0.871. The SMILES string of the molecule is Cc1cc(-c2n[nH]c3cc(NC(=O)NCC4COC4)ncc23)ccn1. The van der Waals surface area contributed by atoms with E-state index in [4.69, 9.17) is 4.74 Å². The summed E-state index contributed by atoms with van der Waals surface area (Å²) >= 11 is 0. The predicted molar refractivity (Wildman–Crippen MR) is 93.2 cm³/mol. The van der Waals surface area contributed by atoms with Gasteiger partial charge in [-0.15, -0.1) is 0 Å². The highest BCUT2D eigenvalue weighted by atomic mass is 16.5. The Balaban J connectivity index is 1.50. The van der Waals surface area contributed by atoms with Crippen molar-refractivity contribution in [2.24, 2.45) is 5.92 Å². The minimum absolute atomic E-state index is 0.275. The molecule has 0 radical (unpaired) electrons. The topological polar surface area (TPSA) is 105 Å². The maximum absolute atomic E-state index is 11.9. The van der Waals surface area contributed by atoms with Crippen molar-refractivity contribution in [3.8, 4) is 11.3 Å². The number of rotatable bonds is 4. The highest BCUT2D eigenvalue weighted by Crippen LogP contribution is 2.26. The number of nitrogens with zero attached hydrogens (tertiary/aromatic N) is 3. The van der Waals surface area contributed by atoms with Crippen LogP contribution in [-0.2, 0) is 4.74 Å². The Kier molecular flexibility index (Phi) is 4.02. The van der Waals surface area contributed by atoms with Crippen LogP contribution in [0.2, 0.25) is 0 Å². The van der Waals surface area contributed by atoms with Crippen molar-refractivity contribution in [3.63, 3.8) is 0 Å². The van der Waals surface area contributed by atoms with Crippen molar-refractivity contribution in [3.05, 3.63) is 36.3 Å². The molecule has 25 heavy (non-hydrogen) atoms. The maximum atomic E-state index is 11.9. The van der Waals surface area contributed by atoms with E-state index in [1.807, 2.05) is 19.1 Å². The van der Waals surface area contributed by atoms with Gasteiger partial charge in [-0.1, -0.05) is 0 Å². The third kappa shape index (κ3) is 3.29. The third-order valence-corrected chi connectivity index (χ3v) is 4.12. The molecular weight excluding hydrogens is 320 g/mol. The molecule has 1 fully saturated rings. The van der Waals surface area contributed by atoms with E-state index in [1.54, 1.807) is 18.5 Å². The van der Waals surface area contributed by atoms with Crippen molar-refractivity contribution in [2.45, 2.75) is 6.92 Å². The first-order chi connectivity index (χ1) is 12.2. The summed E-state index contributed by atoms with van der Waals surface area (Å²) in [6.45, 7) is 3.95. The first-order valence-corrected chi connectivity index (χ1v) is 8.09. The second-order valence-electron chi connectivity index (χ2n) is 6.11. The summed E-state index contributed by atoms with van der Waals surface area (Å²) in [7, 11) is 0. The van der Waals surface area contributed by atoms with Crippen molar-refractivity contribution in [1.29, 1.82) is 0 Å². The summed E-state index contributed by atoms with van der Waals surface area (Å²) in [5, 5.41) is 13.8. The number of anilines is 1. The van der Waals surface area contributed by atoms with Crippen LogP contribution < -0.4 is 10.6 Å². The Bertz CT molecular complexity index is 918. The van der Waals surface area contributed by atoms with E-state index in [0.29, 0.717) is 31.5 Å². The summed E-state index contributed by atoms with van der Waals surface area (Å²) in [4.78, 5) is 20.4. The zero-order valence-electron chi connectivity index (χ0n) is 13.7. The standard InChI is InChI=1S/C17H18N6O2/c1-10-4-12(2-3-18-10)16-13-7-19-15(5-14(13)22-23-16)21-17(24)20-6-11-8-25-9-11/h2-5,7,11H,6,8-9H2,1H3,(H,22,23)(H2,19,20,21,24). The van der Waals surface area contributed by atoms with Gasteiger partial charge in [0, 0.05) is 47.6 Å². The molecule has 4 rings (SSSR count). The lowest BCUT2D eigenvalue weighted by Crippen LogP contribution is -2.40. The van der Waals surface area contributed by atoms with Gasteiger partial charge in [-0.3, -0.25) is 15.4 Å². The lowest BCUT2D eigenvalue weighted by atomic mass is 10.1. The van der Waals surface area contributed by atoms with E-state index in [1.165, 1.54) is 0 Å². The number of urea groups is 1. The zero-order valence-corrected chi connectivity index (χ0v) is 13.7. The van der Waals surface area contributed by atoms with Crippen molar-refractivity contribution in [1.82, 2.24) is 25.5 Å². The Labute approximate surface area is 144 Å². The number of aromatic amines is 1. The van der Waals surface area contributed by atoms with Gasteiger partial charge in [0.25, 0.3) is 0 Å². The van der Waals surface area contributed by atoms with Crippen LogP contribution in [0.3, 0.4) is 0 Å². The zero-order chi connectivity index (χ0) is 17.2. The van der Waals surface area contributed by atoms with Gasteiger partial charge in [-0.05, 0) is 19.1 Å². The van der Waals surface area contributed by atoms with Gasteiger partial charge in [0.05, 0.1) is 18.7 Å². The van der Waals surface area contributed by atoms with E-state index in [0.717, 1.165) is 27.9 Å². The van der Waals surface area contributed by atoms with Gasteiger partial charge in [0.2, 0.25) is 0 Å². The summed E-state index contributed by atoms with van der Waals surface area (Å²) in [6, 6.07) is 5.38. The van der Waals surface area contributed by atoms with E-state index in [2.05, 4.69) is 30.8 Å². The second-order valence-corrected chi connectivity index (χ2v) is 6.11. The molecule has 3 N–H and O–H groups in total. The summed E-state index contributed by atoms with van der Waals surface area (Å²) in [6.07, 6.45) is 3.46. The number of fused-ring (bicyclic) bond motifs is 1. The number of ether oxygens (including phenoxy) is 1. The van der Waals surface area contributed by atoms with Crippen LogP contribution in [0.4, 0.5) is 10.6 Å². The lowest BCUT2D eigenvalue weighted by molar-refractivity contribution is -0.0292. The molecule has 128 valence electrons. The normalized spacial score (nSPS) is 14.3. The number of aromatic nitrogens is 4. The van der Waals surface area contributed by atoms with Crippen LogP contribution in [0.15, 0.2) is 30.6 Å². The van der Waals surface area contributed by atoms with Crippen LogP contribution in [0.5, 0.6) is 0 Å². The molecule has 0 aliphatic carbocycles. The van der Waals surface area contributed by atoms with Crippen LogP contribution in [0.1, 0.15) is 5.69 Å². The van der Waals surface area contributed by atoms with Gasteiger partial charge < -0.3 is 10.1 Å². The van der Waals surface area contributed by atoms with Gasteiger partial charge in [0.1, 0.15) is 11.5 Å². The number of nitrogens with one attached hydrogen (secondary N) is 3. The van der Waals surface area contributed by atoms with Gasteiger partial charge in [-0.2, -0.15) is 5.10 Å². The van der Waals surface area contributed by atoms with Gasteiger partial charge >= 0.3 is 6.03 Å².